The number of carbonyl (C=O) groups excluding carboxylic acids is 8. The third kappa shape index (κ3) is 11.2. The first kappa shape index (κ1) is 42.3. The second-order valence-corrected chi connectivity index (χ2v) is 15.8. The predicted molar refractivity (Wildman–Crippen MR) is 188 cm³/mol. The van der Waals surface area contributed by atoms with Crippen molar-refractivity contribution < 1.29 is 53.4 Å². The van der Waals surface area contributed by atoms with Crippen LogP contribution in [0.1, 0.15) is 59.8 Å². The van der Waals surface area contributed by atoms with Crippen molar-refractivity contribution in [2.45, 2.75) is 108 Å². The van der Waals surface area contributed by atoms with Crippen LogP contribution in [0.2, 0.25) is 0 Å². The summed E-state index contributed by atoms with van der Waals surface area (Å²) in [6, 6.07) is -9.04. The highest BCUT2D eigenvalue weighted by atomic mass is 33.1. The Morgan fingerprint density at radius 1 is 0.808 bits per heavy atom. The quantitative estimate of drug-likeness (QED) is 0.124. The standard InChI is InChI=1S/C31H48N8O11S2/c1-14(2)23-29(48)35-18(25(32)44)12-51-52-13-19(33-16(4)41)27(46)34-17(11-22(42)43)26(45)37-24(15(3)40)31(50)39-10-6-8-21(39)30(49)38-9-5-7-20(38)28(47)36-23/h14-15,17-21,23-24,40H,5-13H2,1-4H3,(H2,32,44)(H,33,41)(H,34,46)(H,35,48)(H,36,47)(H,37,45)(H,42,43)/t15?,17-,18-,19-,20-,21-,23-,24-/m0/s1. The highest BCUT2D eigenvalue weighted by molar-refractivity contribution is 8.76. The monoisotopic (exact) mass is 772 g/mol. The second kappa shape index (κ2) is 19.1. The molecule has 0 saturated carbocycles. The Hall–Kier alpha value is -4.11. The summed E-state index contributed by atoms with van der Waals surface area (Å²) in [6.45, 7) is 6.01. The van der Waals surface area contributed by atoms with Crippen molar-refractivity contribution in [3.05, 3.63) is 0 Å². The SMILES string of the molecule is CC(=O)N[C@H]1CSSC[C@@H](C(N)=O)NC(=O)[C@H](C(C)C)NC(=O)[C@@H]2CCCN2C(=O)[C@@H]2CCCN2C(=O)[C@H](C(C)O)NC(=O)[C@H](CC(=O)O)NC1=O. The van der Waals surface area contributed by atoms with Crippen LogP contribution < -0.4 is 32.3 Å². The molecular formula is C31H48N8O11S2. The summed E-state index contributed by atoms with van der Waals surface area (Å²) in [4.78, 5) is 120. The highest BCUT2D eigenvalue weighted by Gasteiger charge is 2.45. The van der Waals surface area contributed by atoms with Gasteiger partial charge in [-0.05, 0) is 38.5 Å². The van der Waals surface area contributed by atoms with Gasteiger partial charge in [0.1, 0.15) is 42.3 Å². The molecule has 3 rings (SSSR count). The van der Waals surface area contributed by atoms with Crippen molar-refractivity contribution in [3.63, 3.8) is 0 Å². The minimum absolute atomic E-state index is 0.0824. The van der Waals surface area contributed by atoms with Gasteiger partial charge in [0, 0.05) is 31.5 Å². The first-order valence-corrected chi connectivity index (χ1v) is 19.4. The third-order valence-electron chi connectivity index (χ3n) is 8.87. The van der Waals surface area contributed by atoms with Crippen LogP contribution in [0.15, 0.2) is 0 Å². The number of aliphatic hydroxyl groups is 1. The van der Waals surface area contributed by atoms with Crippen LogP contribution in [0.25, 0.3) is 0 Å². The molecule has 3 aliphatic heterocycles. The summed E-state index contributed by atoms with van der Waals surface area (Å²) < 4.78 is 0. The first-order valence-electron chi connectivity index (χ1n) is 17.0. The molecular weight excluding hydrogens is 725 g/mol. The van der Waals surface area contributed by atoms with Gasteiger partial charge < -0.3 is 52.3 Å². The fourth-order valence-electron chi connectivity index (χ4n) is 6.16. The van der Waals surface area contributed by atoms with Gasteiger partial charge in [0.25, 0.3) is 0 Å². The van der Waals surface area contributed by atoms with E-state index in [1.165, 1.54) is 16.7 Å². The molecule has 52 heavy (non-hydrogen) atoms. The number of rotatable bonds is 6. The number of hydrogen-bond donors (Lipinski definition) is 8. The van der Waals surface area contributed by atoms with Crippen molar-refractivity contribution in [1.29, 1.82) is 0 Å². The number of carbonyl (C=O) groups is 9. The lowest BCUT2D eigenvalue weighted by molar-refractivity contribution is -0.149. The number of hydrogen-bond acceptors (Lipinski definition) is 12. The molecule has 0 aliphatic carbocycles. The number of fused-ring (bicyclic) bond motifs is 2. The average Bonchev–Trinajstić information content (AvgIpc) is 3.75. The van der Waals surface area contributed by atoms with Crippen LogP contribution in [0.5, 0.6) is 0 Å². The predicted octanol–water partition coefficient (Wildman–Crippen LogP) is -3.20. The maximum atomic E-state index is 14.0. The molecule has 3 aliphatic rings. The van der Waals surface area contributed by atoms with Crippen LogP contribution in [0.3, 0.4) is 0 Å². The normalized spacial score (nSPS) is 29.6. The number of carboxylic acid groups (broad SMARTS) is 1. The molecule has 9 N–H and O–H groups in total. The van der Waals surface area contributed by atoms with Gasteiger partial charge in [0.2, 0.25) is 47.3 Å². The summed E-state index contributed by atoms with van der Waals surface area (Å²) in [7, 11) is 2.03. The van der Waals surface area contributed by atoms with E-state index in [9.17, 15) is 53.4 Å². The Kier molecular flexibility index (Phi) is 15.5. The van der Waals surface area contributed by atoms with Gasteiger partial charge in [0.15, 0.2) is 0 Å². The molecule has 19 nitrogen and oxygen atoms in total. The summed E-state index contributed by atoms with van der Waals surface area (Å²) >= 11 is 0. The Morgan fingerprint density at radius 3 is 1.94 bits per heavy atom. The van der Waals surface area contributed by atoms with E-state index >= 15 is 0 Å². The molecule has 3 saturated heterocycles. The molecule has 8 atom stereocenters. The summed E-state index contributed by atoms with van der Waals surface area (Å²) in [5.74, 6) is -8.37. The molecule has 3 heterocycles. The lowest BCUT2D eigenvalue weighted by Crippen LogP contribution is -2.61. The van der Waals surface area contributed by atoms with Crippen LogP contribution in [-0.4, -0.2) is 146 Å². The Labute approximate surface area is 308 Å². The molecule has 290 valence electrons. The number of nitrogens with two attached hydrogens (primary N) is 1. The van der Waals surface area contributed by atoms with Crippen LogP contribution in [-0.2, 0) is 43.2 Å². The van der Waals surface area contributed by atoms with Crippen LogP contribution >= 0.6 is 21.6 Å². The van der Waals surface area contributed by atoms with Crippen LogP contribution in [0, 0.1) is 5.92 Å². The molecule has 0 aromatic rings. The van der Waals surface area contributed by atoms with Gasteiger partial charge in [0.05, 0.1) is 12.5 Å². The number of nitrogens with one attached hydrogen (secondary N) is 5. The number of carboxylic acids is 1. The van der Waals surface area contributed by atoms with E-state index in [2.05, 4.69) is 26.6 Å². The molecule has 0 bridgehead atoms. The lowest BCUT2D eigenvalue weighted by Gasteiger charge is -2.34. The van der Waals surface area contributed by atoms with Gasteiger partial charge >= 0.3 is 5.97 Å². The fraction of sp³-hybridized carbons (Fsp3) is 0.710. The molecule has 0 radical (unpaired) electrons. The summed E-state index contributed by atoms with van der Waals surface area (Å²) in [5.41, 5.74) is 5.56. The van der Waals surface area contributed by atoms with Crippen molar-refractivity contribution >= 4 is 74.8 Å². The van der Waals surface area contributed by atoms with Crippen molar-refractivity contribution in [1.82, 2.24) is 36.4 Å². The third-order valence-corrected chi connectivity index (χ3v) is 11.3. The van der Waals surface area contributed by atoms with Crippen molar-refractivity contribution in [3.8, 4) is 0 Å². The first-order chi connectivity index (χ1) is 24.4. The maximum absolute atomic E-state index is 14.0. The largest absolute Gasteiger partial charge is 0.481 e. The number of aliphatic hydroxyl groups excluding tert-OH is 1. The van der Waals surface area contributed by atoms with Crippen molar-refractivity contribution in [2.24, 2.45) is 11.7 Å². The molecule has 3 fully saturated rings. The molecule has 21 heteroatoms. The lowest BCUT2D eigenvalue weighted by atomic mass is 10.0. The minimum Gasteiger partial charge on any atom is -0.481 e. The maximum Gasteiger partial charge on any atom is 0.305 e. The molecule has 0 spiro atoms. The van der Waals surface area contributed by atoms with E-state index in [1.807, 2.05) is 0 Å². The van der Waals surface area contributed by atoms with Gasteiger partial charge in [-0.15, -0.1) is 0 Å². The van der Waals surface area contributed by atoms with E-state index in [0.29, 0.717) is 12.8 Å². The summed E-state index contributed by atoms with van der Waals surface area (Å²) in [6.07, 6.45) is -1.08. The number of aliphatic carboxylic acids is 1. The number of nitrogens with zero attached hydrogens (tertiary/aromatic N) is 2. The summed E-state index contributed by atoms with van der Waals surface area (Å²) in [5, 5.41) is 32.4. The Balaban J connectivity index is 2.01. The fourth-order valence-corrected chi connectivity index (χ4v) is 8.50. The molecule has 1 unspecified atom stereocenters. The Bertz CT molecular complexity index is 1420. The minimum atomic E-state index is -1.75. The zero-order valence-corrected chi connectivity index (χ0v) is 31.1. The van der Waals surface area contributed by atoms with E-state index in [1.54, 1.807) is 13.8 Å². The van der Waals surface area contributed by atoms with E-state index in [-0.39, 0.29) is 37.4 Å². The average molecular weight is 773 g/mol. The topological polar surface area (TPSA) is 287 Å². The van der Waals surface area contributed by atoms with Gasteiger partial charge in [-0.1, -0.05) is 35.4 Å². The van der Waals surface area contributed by atoms with Crippen LogP contribution in [0.4, 0.5) is 0 Å². The Morgan fingerprint density at radius 2 is 1.38 bits per heavy atom. The molecule has 8 amide bonds. The zero-order valence-electron chi connectivity index (χ0n) is 29.4. The van der Waals surface area contributed by atoms with Gasteiger partial charge in [-0.2, -0.15) is 0 Å². The van der Waals surface area contributed by atoms with E-state index in [0.717, 1.165) is 28.5 Å². The second-order valence-electron chi connectivity index (χ2n) is 13.3. The number of amides is 8. The van der Waals surface area contributed by atoms with Gasteiger partial charge in [-0.3, -0.25) is 43.2 Å². The molecule has 0 aromatic heterocycles. The highest BCUT2D eigenvalue weighted by Crippen LogP contribution is 2.27. The van der Waals surface area contributed by atoms with E-state index in [4.69, 9.17) is 5.73 Å². The molecule has 0 aromatic carbocycles. The van der Waals surface area contributed by atoms with Gasteiger partial charge in [-0.25, -0.2) is 0 Å². The zero-order chi connectivity index (χ0) is 38.9. The number of primary amides is 1. The van der Waals surface area contributed by atoms with E-state index < -0.39 is 114 Å². The van der Waals surface area contributed by atoms with Crippen molar-refractivity contribution in [2.75, 3.05) is 24.6 Å². The smallest absolute Gasteiger partial charge is 0.305 e.